The quantitative estimate of drug-likeness (QED) is 0.727. The van der Waals surface area contributed by atoms with E-state index >= 15 is 0 Å². The Labute approximate surface area is 115 Å². The zero-order valence-corrected chi connectivity index (χ0v) is 11.9. The van der Waals surface area contributed by atoms with Crippen molar-refractivity contribution in [3.63, 3.8) is 0 Å². The average molecular weight is 268 g/mol. The van der Waals surface area contributed by atoms with Crippen LogP contribution in [-0.4, -0.2) is 23.1 Å². The summed E-state index contributed by atoms with van der Waals surface area (Å²) in [4.78, 5) is 4.05. The molecule has 1 aromatic rings. The predicted octanol–water partition coefficient (Wildman–Crippen LogP) is 4.00. The van der Waals surface area contributed by atoms with E-state index in [2.05, 4.69) is 31.0 Å². The SMILES string of the molecule is CCOC1CC(CC(Cl)C(C)c2ccncc2)C1. The molecule has 2 rings (SSSR count). The van der Waals surface area contributed by atoms with E-state index < -0.39 is 0 Å². The Morgan fingerprint density at radius 2 is 2.06 bits per heavy atom. The van der Waals surface area contributed by atoms with Gasteiger partial charge in [-0.05, 0) is 55.7 Å². The molecule has 100 valence electrons. The molecule has 1 aliphatic rings. The van der Waals surface area contributed by atoms with Crippen LogP contribution in [0.3, 0.4) is 0 Å². The van der Waals surface area contributed by atoms with Gasteiger partial charge in [-0.1, -0.05) is 6.92 Å². The Hall–Kier alpha value is -0.600. The highest BCUT2D eigenvalue weighted by molar-refractivity contribution is 6.21. The summed E-state index contributed by atoms with van der Waals surface area (Å²) in [6, 6.07) is 4.12. The maximum Gasteiger partial charge on any atom is 0.0580 e. The molecule has 0 saturated heterocycles. The van der Waals surface area contributed by atoms with Crippen LogP contribution in [0.1, 0.15) is 44.6 Å². The van der Waals surface area contributed by atoms with Gasteiger partial charge in [0.25, 0.3) is 0 Å². The number of hydrogen-bond donors (Lipinski definition) is 0. The Kier molecular flexibility index (Phi) is 5.02. The van der Waals surface area contributed by atoms with Gasteiger partial charge in [-0.15, -0.1) is 11.6 Å². The van der Waals surface area contributed by atoms with E-state index in [1.165, 1.54) is 18.4 Å². The number of halogens is 1. The zero-order valence-electron chi connectivity index (χ0n) is 11.2. The molecule has 1 aromatic heterocycles. The van der Waals surface area contributed by atoms with E-state index in [0.717, 1.165) is 18.9 Å². The lowest BCUT2D eigenvalue weighted by molar-refractivity contribution is -0.0270. The molecule has 2 atom stereocenters. The molecule has 1 saturated carbocycles. The van der Waals surface area contributed by atoms with Crippen molar-refractivity contribution in [3.8, 4) is 0 Å². The summed E-state index contributed by atoms with van der Waals surface area (Å²) in [5.41, 5.74) is 1.28. The minimum Gasteiger partial charge on any atom is -0.378 e. The second-order valence-corrected chi connectivity index (χ2v) is 5.80. The topological polar surface area (TPSA) is 22.1 Å². The third-order valence-corrected chi connectivity index (χ3v) is 4.48. The molecule has 0 radical (unpaired) electrons. The Bertz CT molecular complexity index is 351. The van der Waals surface area contributed by atoms with Crippen LogP contribution in [0.4, 0.5) is 0 Å². The van der Waals surface area contributed by atoms with Crippen LogP contribution < -0.4 is 0 Å². The molecule has 0 spiro atoms. The summed E-state index contributed by atoms with van der Waals surface area (Å²) in [7, 11) is 0. The van der Waals surface area contributed by atoms with E-state index in [0.29, 0.717) is 12.0 Å². The van der Waals surface area contributed by atoms with E-state index in [1.54, 1.807) is 0 Å². The van der Waals surface area contributed by atoms with E-state index in [-0.39, 0.29) is 5.38 Å². The fraction of sp³-hybridized carbons (Fsp3) is 0.667. The summed E-state index contributed by atoms with van der Waals surface area (Å²) in [6.45, 7) is 5.09. The molecule has 0 N–H and O–H groups in total. The summed E-state index contributed by atoms with van der Waals surface area (Å²) in [5.74, 6) is 1.13. The minimum absolute atomic E-state index is 0.208. The van der Waals surface area contributed by atoms with Crippen molar-refractivity contribution >= 4 is 11.6 Å². The van der Waals surface area contributed by atoms with Crippen LogP contribution in [-0.2, 0) is 4.74 Å². The van der Waals surface area contributed by atoms with Crippen LogP contribution in [0.5, 0.6) is 0 Å². The molecule has 1 heterocycles. The van der Waals surface area contributed by atoms with Gasteiger partial charge in [0.15, 0.2) is 0 Å². The highest BCUT2D eigenvalue weighted by Crippen LogP contribution is 2.37. The smallest absolute Gasteiger partial charge is 0.0580 e. The molecule has 0 aliphatic heterocycles. The largest absolute Gasteiger partial charge is 0.378 e. The first kappa shape index (κ1) is 13.8. The standard InChI is InChI=1S/C15H22ClNO/c1-3-18-14-8-12(9-14)10-15(16)11(2)13-4-6-17-7-5-13/h4-7,11-12,14-15H,3,8-10H2,1-2H3. The molecule has 2 nitrogen and oxygen atoms in total. The summed E-state index contributed by atoms with van der Waals surface area (Å²) >= 11 is 6.54. The predicted molar refractivity (Wildman–Crippen MR) is 75.0 cm³/mol. The van der Waals surface area contributed by atoms with Gasteiger partial charge in [-0.3, -0.25) is 4.98 Å². The van der Waals surface area contributed by atoms with Gasteiger partial charge >= 0.3 is 0 Å². The second kappa shape index (κ2) is 6.53. The molecule has 18 heavy (non-hydrogen) atoms. The highest BCUT2D eigenvalue weighted by Gasteiger charge is 2.32. The summed E-state index contributed by atoms with van der Waals surface area (Å²) in [5, 5.41) is 0.208. The number of alkyl halides is 1. The Morgan fingerprint density at radius 3 is 2.67 bits per heavy atom. The first-order valence-corrected chi connectivity index (χ1v) is 7.30. The van der Waals surface area contributed by atoms with E-state index in [4.69, 9.17) is 16.3 Å². The van der Waals surface area contributed by atoms with Crippen molar-refractivity contribution in [1.29, 1.82) is 0 Å². The lowest BCUT2D eigenvalue weighted by Gasteiger charge is -2.37. The maximum absolute atomic E-state index is 6.54. The molecule has 0 aromatic carbocycles. The molecule has 0 amide bonds. The first-order chi connectivity index (χ1) is 8.70. The molecule has 3 heteroatoms. The van der Waals surface area contributed by atoms with Gasteiger partial charge in [0.05, 0.1) is 6.10 Å². The zero-order chi connectivity index (χ0) is 13.0. The highest BCUT2D eigenvalue weighted by atomic mass is 35.5. The molecular formula is C15H22ClNO. The van der Waals surface area contributed by atoms with Crippen molar-refractivity contribution in [2.75, 3.05) is 6.61 Å². The van der Waals surface area contributed by atoms with Crippen molar-refractivity contribution in [1.82, 2.24) is 4.98 Å². The van der Waals surface area contributed by atoms with Crippen LogP contribution >= 0.6 is 11.6 Å². The summed E-state index contributed by atoms with van der Waals surface area (Å²) < 4.78 is 5.58. The Morgan fingerprint density at radius 1 is 1.39 bits per heavy atom. The average Bonchev–Trinajstić information content (AvgIpc) is 2.36. The van der Waals surface area contributed by atoms with Crippen molar-refractivity contribution in [2.45, 2.75) is 50.5 Å². The van der Waals surface area contributed by atoms with Crippen LogP contribution in [0.2, 0.25) is 0 Å². The number of pyridine rings is 1. The van der Waals surface area contributed by atoms with Gasteiger partial charge < -0.3 is 4.74 Å². The lowest BCUT2D eigenvalue weighted by atomic mass is 9.77. The molecule has 2 unspecified atom stereocenters. The molecule has 0 bridgehead atoms. The Balaban J connectivity index is 1.77. The van der Waals surface area contributed by atoms with Crippen molar-refractivity contribution in [3.05, 3.63) is 30.1 Å². The van der Waals surface area contributed by atoms with Crippen LogP contribution in [0, 0.1) is 5.92 Å². The van der Waals surface area contributed by atoms with Crippen LogP contribution in [0.15, 0.2) is 24.5 Å². The monoisotopic (exact) mass is 267 g/mol. The minimum atomic E-state index is 0.208. The molecule has 1 fully saturated rings. The molecule has 1 aliphatic carbocycles. The third kappa shape index (κ3) is 3.46. The van der Waals surface area contributed by atoms with E-state index in [1.807, 2.05) is 12.4 Å². The van der Waals surface area contributed by atoms with Crippen molar-refractivity contribution < 1.29 is 4.74 Å². The second-order valence-electron chi connectivity index (χ2n) is 5.24. The van der Waals surface area contributed by atoms with Gasteiger partial charge in [0, 0.05) is 24.4 Å². The number of nitrogens with zero attached hydrogens (tertiary/aromatic N) is 1. The van der Waals surface area contributed by atoms with Gasteiger partial charge in [-0.2, -0.15) is 0 Å². The van der Waals surface area contributed by atoms with Crippen LogP contribution in [0.25, 0.3) is 0 Å². The maximum atomic E-state index is 6.54. The summed E-state index contributed by atoms with van der Waals surface area (Å²) in [6.07, 6.45) is 7.61. The van der Waals surface area contributed by atoms with Gasteiger partial charge in [0.1, 0.15) is 0 Å². The fourth-order valence-corrected chi connectivity index (χ4v) is 3.03. The first-order valence-electron chi connectivity index (χ1n) is 6.86. The number of rotatable bonds is 6. The number of aromatic nitrogens is 1. The van der Waals surface area contributed by atoms with E-state index in [9.17, 15) is 0 Å². The van der Waals surface area contributed by atoms with Gasteiger partial charge in [0.2, 0.25) is 0 Å². The number of ether oxygens (including phenoxy) is 1. The van der Waals surface area contributed by atoms with Crippen molar-refractivity contribution in [2.24, 2.45) is 5.92 Å². The normalized spacial score (nSPS) is 26.4. The number of hydrogen-bond acceptors (Lipinski definition) is 2. The molecular weight excluding hydrogens is 246 g/mol. The fourth-order valence-electron chi connectivity index (χ4n) is 2.64. The van der Waals surface area contributed by atoms with Gasteiger partial charge in [-0.25, -0.2) is 0 Å². The third-order valence-electron chi connectivity index (χ3n) is 3.93. The lowest BCUT2D eigenvalue weighted by Crippen LogP contribution is -2.33.